The average molecular weight is 300 g/mol. The third-order valence-electron chi connectivity index (χ3n) is 3.40. The fourth-order valence-corrected chi connectivity index (χ4v) is 2.31. The van der Waals surface area contributed by atoms with Crippen LogP contribution in [0.15, 0.2) is 24.3 Å². The highest BCUT2D eigenvalue weighted by molar-refractivity contribution is 6.30. The Hall–Kier alpha value is -0.810. The zero-order chi connectivity index (χ0) is 14.4. The van der Waals surface area contributed by atoms with Crippen molar-refractivity contribution in [2.75, 3.05) is 19.8 Å². The number of nitrogens with one attached hydrogen (secondary N) is 1. The maximum Gasteiger partial charge on any atom is 0.119 e. The molecule has 0 saturated heterocycles. The highest BCUT2D eigenvalue weighted by atomic mass is 35.5. The largest absolute Gasteiger partial charge is 0.491 e. The van der Waals surface area contributed by atoms with Crippen molar-refractivity contribution >= 4 is 11.6 Å². The molecule has 1 aromatic carbocycles. The van der Waals surface area contributed by atoms with E-state index in [4.69, 9.17) is 21.1 Å². The lowest BCUT2D eigenvalue weighted by Gasteiger charge is -2.36. The summed E-state index contributed by atoms with van der Waals surface area (Å²) in [6, 6.07) is 7.58. The smallest absolute Gasteiger partial charge is 0.119 e. The quantitative estimate of drug-likeness (QED) is 0.773. The van der Waals surface area contributed by atoms with Crippen LogP contribution in [0.3, 0.4) is 0 Å². The first-order valence-corrected chi connectivity index (χ1v) is 7.46. The molecule has 0 heterocycles. The van der Waals surface area contributed by atoms with Gasteiger partial charge in [0, 0.05) is 24.2 Å². The molecule has 2 rings (SSSR count). The van der Waals surface area contributed by atoms with E-state index in [1.54, 1.807) is 24.3 Å². The van der Waals surface area contributed by atoms with E-state index in [2.05, 4.69) is 5.32 Å². The fraction of sp³-hybridized carbons (Fsp3) is 0.600. The summed E-state index contributed by atoms with van der Waals surface area (Å²) >= 11 is 5.79. The molecule has 0 bridgehead atoms. The van der Waals surface area contributed by atoms with Crippen LogP contribution in [0.1, 0.15) is 19.8 Å². The molecule has 0 radical (unpaired) electrons. The van der Waals surface area contributed by atoms with Crippen molar-refractivity contribution in [3.05, 3.63) is 29.3 Å². The van der Waals surface area contributed by atoms with Gasteiger partial charge in [-0.05, 0) is 44.0 Å². The van der Waals surface area contributed by atoms with Gasteiger partial charge in [0.1, 0.15) is 18.5 Å². The van der Waals surface area contributed by atoms with E-state index < -0.39 is 6.10 Å². The van der Waals surface area contributed by atoms with E-state index in [1.165, 1.54) is 0 Å². The molecule has 0 aromatic heterocycles. The summed E-state index contributed by atoms with van der Waals surface area (Å²) in [7, 11) is 0. The van der Waals surface area contributed by atoms with Gasteiger partial charge in [0.25, 0.3) is 0 Å². The molecule has 0 aliphatic heterocycles. The van der Waals surface area contributed by atoms with Gasteiger partial charge in [0.2, 0.25) is 0 Å². The molecule has 20 heavy (non-hydrogen) atoms. The molecule has 1 aliphatic rings. The highest BCUT2D eigenvalue weighted by Crippen LogP contribution is 2.23. The van der Waals surface area contributed by atoms with Crippen LogP contribution in [0, 0.1) is 0 Å². The first kappa shape index (κ1) is 15.6. The van der Waals surface area contributed by atoms with E-state index in [9.17, 15) is 5.11 Å². The lowest BCUT2D eigenvalue weighted by atomic mass is 9.89. The summed E-state index contributed by atoms with van der Waals surface area (Å²) in [5.41, 5.74) is 0. The lowest BCUT2D eigenvalue weighted by Crippen LogP contribution is -2.48. The third kappa shape index (κ3) is 4.94. The Bertz CT molecular complexity index is 393. The van der Waals surface area contributed by atoms with Gasteiger partial charge in [0.15, 0.2) is 0 Å². The van der Waals surface area contributed by atoms with Crippen molar-refractivity contribution in [1.82, 2.24) is 5.32 Å². The van der Waals surface area contributed by atoms with Gasteiger partial charge in [-0.1, -0.05) is 11.6 Å². The van der Waals surface area contributed by atoms with Crippen molar-refractivity contribution in [2.45, 2.75) is 38.0 Å². The predicted molar refractivity (Wildman–Crippen MR) is 79.4 cm³/mol. The van der Waals surface area contributed by atoms with Gasteiger partial charge in [0.05, 0.1) is 6.10 Å². The molecule has 1 aliphatic carbocycles. The maximum atomic E-state index is 9.86. The molecule has 2 N–H and O–H groups in total. The number of aliphatic hydroxyl groups is 1. The maximum absolute atomic E-state index is 9.86. The van der Waals surface area contributed by atoms with E-state index >= 15 is 0 Å². The van der Waals surface area contributed by atoms with Crippen LogP contribution in [0.2, 0.25) is 5.02 Å². The minimum atomic E-state index is -0.517. The van der Waals surface area contributed by atoms with Crippen molar-refractivity contribution in [3.63, 3.8) is 0 Å². The van der Waals surface area contributed by atoms with Crippen LogP contribution in [-0.2, 0) is 4.74 Å². The molecule has 4 nitrogen and oxygen atoms in total. The second-order valence-corrected chi connectivity index (χ2v) is 5.51. The van der Waals surface area contributed by atoms with Crippen LogP contribution in [0.25, 0.3) is 0 Å². The Morgan fingerprint density at radius 1 is 1.35 bits per heavy atom. The lowest BCUT2D eigenvalue weighted by molar-refractivity contribution is -0.0134. The number of rotatable bonds is 8. The van der Waals surface area contributed by atoms with Gasteiger partial charge in [-0.2, -0.15) is 0 Å². The van der Waals surface area contributed by atoms with Gasteiger partial charge in [-0.15, -0.1) is 0 Å². The molecule has 0 spiro atoms. The standard InChI is InChI=1S/C15H22ClNO3/c1-2-19-15-7-12(8-15)17-9-13(18)10-20-14-5-3-11(16)4-6-14/h3-6,12-13,15,17-18H,2,7-10H2,1H3. The average Bonchev–Trinajstić information content (AvgIpc) is 2.40. The van der Waals surface area contributed by atoms with E-state index in [0.29, 0.717) is 29.5 Å². The molecule has 1 fully saturated rings. The zero-order valence-corrected chi connectivity index (χ0v) is 12.5. The number of ether oxygens (including phenoxy) is 2. The number of benzene rings is 1. The number of hydrogen-bond acceptors (Lipinski definition) is 4. The second kappa shape index (κ2) is 7.84. The van der Waals surface area contributed by atoms with Gasteiger partial charge in [-0.3, -0.25) is 0 Å². The first-order chi connectivity index (χ1) is 9.67. The topological polar surface area (TPSA) is 50.7 Å². The Balaban J connectivity index is 1.57. The normalized spacial score (nSPS) is 23.1. The first-order valence-electron chi connectivity index (χ1n) is 7.08. The van der Waals surface area contributed by atoms with Crippen molar-refractivity contribution in [2.24, 2.45) is 0 Å². The Morgan fingerprint density at radius 2 is 2.05 bits per heavy atom. The Labute approximate surface area is 125 Å². The van der Waals surface area contributed by atoms with Crippen LogP contribution < -0.4 is 10.1 Å². The van der Waals surface area contributed by atoms with Gasteiger partial charge in [-0.25, -0.2) is 0 Å². The molecule has 1 aromatic rings. The third-order valence-corrected chi connectivity index (χ3v) is 3.65. The van der Waals surface area contributed by atoms with E-state index in [1.807, 2.05) is 6.92 Å². The molecule has 112 valence electrons. The fourth-order valence-electron chi connectivity index (χ4n) is 2.19. The molecular formula is C15H22ClNO3. The Kier molecular flexibility index (Phi) is 6.10. The van der Waals surface area contributed by atoms with E-state index in [-0.39, 0.29) is 6.61 Å². The molecule has 1 unspecified atom stereocenters. The summed E-state index contributed by atoms with van der Waals surface area (Å²) in [5, 5.41) is 13.9. The summed E-state index contributed by atoms with van der Waals surface area (Å²) in [6.45, 7) is 3.60. The van der Waals surface area contributed by atoms with Crippen LogP contribution in [-0.4, -0.2) is 43.1 Å². The van der Waals surface area contributed by atoms with Crippen LogP contribution >= 0.6 is 11.6 Å². The predicted octanol–water partition coefficient (Wildman–Crippen LogP) is 2.24. The second-order valence-electron chi connectivity index (χ2n) is 5.07. The van der Waals surface area contributed by atoms with Crippen molar-refractivity contribution in [1.29, 1.82) is 0 Å². The highest BCUT2D eigenvalue weighted by Gasteiger charge is 2.29. The summed E-state index contributed by atoms with van der Waals surface area (Å²) < 4.78 is 11.0. The number of halogens is 1. The molecule has 1 atom stereocenters. The van der Waals surface area contributed by atoms with Crippen molar-refractivity contribution in [3.8, 4) is 5.75 Å². The monoisotopic (exact) mass is 299 g/mol. The van der Waals surface area contributed by atoms with Crippen LogP contribution in [0.5, 0.6) is 5.75 Å². The van der Waals surface area contributed by atoms with E-state index in [0.717, 1.165) is 19.4 Å². The summed E-state index contributed by atoms with van der Waals surface area (Å²) in [4.78, 5) is 0. The molecule has 5 heteroatoms. The minimum Gasteiger partial charge on any atom is -0.491 e. The number of aliphatic hydroxyl groups excluding tert-OH is 1. The van der Waals surface area contributed by atoms with Crippen molar-refractivity contribution < 1.29 is 14.6 Å². The molecule has 1 saturated carbocycles. The Morgan fingerprint density at radius 3 is 2.70 bits per heavy atom. The number of hydrogen-bond donors (Lipinski definition) is 2. The van der Waals surface area contributed by atoms with Gasteiger partial charge >= 0.3 is 0 Å². The molecule has 0 amide bonds. The molecular weight excluding hydrogens is 278 g/mol. The zero-order valence-electron chi connectivity index (χ0n) is 11.7. The van der Waals surface area contributed by atoms with Crippen LogP contribution in [0.4, 0.5) is 0 Å². The minimum absolute atomic E-state index is 0.274. The summed E-state index contributed by atoms with van der Waals surface area (Å²) in [5.74, 6) is 0.716. The SMILES string of the molecule is CCOC1CC(NCC(O)COc2ccc(Cl)cc2)C1. The van der Waals surface area contributed by atoms with Gasteiger partial charge < -0.3 is 19.9 Å². The summed E-state index contributed by atoms with van der Waals surface area (Å²) in [6.07, 6.45) is 1.92.